The van der Waals surface area contributed by atoms with Crippen molar-refractivity contribution in [2.75, 3.05) is 0 Å². The van der Waals surface area contributed by atoms with Gasteiger partial charge in [0.1, 0.15) is 22.8 Å². The molecular weight excluding hydrogens is 512 g/mol. The SMILES string of the molecule is [C-]#[N+]c1cc(F)c2c(c1)c1cc(-c3ccc4oc5ccccc5c4c3)cc(F)c1n2-c1ccc2scnc2c1. The van der Waals surface area contributed by atoms with Crippen LogP contribution in [0.1, 0.15) is 0 Å². The number of aromatic nitrogens is 2. The van der Waals surface area contributed by atoms with Crippen LogP contribution in [0.4, 0.5) is 14.5 Å². The van der Waals surface area contributed by atoms with Crippen LogP contribution in [0.5, 0.6) is 0 Å². The molecule has 8 rings (SSSR count). The molecule has 0 aliphatic carbocycles. The van der Waals surface area contributed by atoms with E-state index in [-0.39, 0.29) is 16.7 Å². The second-order valence-electron chi connectivity index (χ2n) is 9.44. The average Bonchev–Trinajstić information content (AvgIpc) is 3.66. The van der Waals surface area contributed by atoms with Gasteiger partial charge in [0, 0.05) is 27.2 Å². The van der Waals surface area contributed by atoms with Crippen LogP contribution >= 0.6 is 11.3 Å². The summed E-state index contributed by atoms with van der Waals surface area (Å²) in [6, 6.07) is 25.3. The van der Waals surface area contributed by atoms with Crippen LogP contribution in [-0.4, -0.2) is 9.55 Å². The fraction of sp³-hybridized carbons (Fsp3) is 0. The lowest BCUT2D eigenvalue weighted by atomic mass is 10.00. The predicted molar refractivity (Wildman–Crippen MR) is 153 cm³/mol. The quantitative estimate of drug-likeness (QED) is 0.210. The van der Waals surface area contributed by atoms with Crippen LogP contribution in [0, 0.1) is 18.2 Å². The van der Waals surface area contributed by atoms with Crippen molar-refractivity contribution in [3.8, 4) is 16.8 Å². The third kappa shape index (κ3) is 3.16. The van der Waals surface area contributed by atoms with E-state index >= 15 is 8.78 Å². The number of hydrogen-bond donors (Lipinski definition) is 0. The van der Waals surface area contributed by atoms with Gasteiger partial charge in [0.05, 0.1) is 33.3 Å². The molecule has 0 atom stereocenters. The highest BCUT2D eigenvalue weighted by Crippen LogP contribution is 2.41. The maximum atomic E-state index is 16.2. The highest BCUT2D eigenvalue weighted by atomic mass is 32.1. The summed E-state index contributed by atoms with van der Waals surface area (Å²) < 4.78 is 40.3. The molecule has 0 unspecified atom stereocenters. The summed E-state index contributed by atoms with van der Waals surface area (Å²) in [4.78, 5) is 7.84. The second-order valence-corrected chi connectivity index (χ2v) is 10.3. The molecule has 0 N–H and O–H groups in total. The predicted octanol–water partition coefficient (Wildman–Crippen LogP) is 9.79. The lowest BCUT2D eigenvalue weighted by Crippen LogP contribution is -1.97. The van der Waals surface area contributed by atoms with E-state index in [1.165, 1.54) is 23.5 Å². The van der Waals surface area contributed by atoms with Crippen molar-refractivity contribution in [2.24, 2.45) is 0 Å². The van der Waals surface area contributed by atoms with Gasteiger partial charge in [-0.2, -0.15) is 0 Å². The lowest BCUT2D eigenvalue weighted by Gasteiger charge is -2.10. The highest BCUT2D eigenvalue weighted by molar-refractivity contribution is 7.16. The standard InChI is InChI=1S/C32H15F2N3OS/c1-35-19-13-24-23-11-18(17-6-8-29-22(10-17)21-4-2-3-5-28(21)38-29)12-25(33)31(23)37(32(24)26(34)14-19)20-7-9-30-27(15-20)36-16-39-30/h2-16H. The summed E-state index contributed by atoms with van der Waals surface area (Å²) in [5, 5.41) is 2.92. The summed E-state index contributed by atoms with van der Waals surface area (Å²) in [7, 11) is 0. The Hall–Kier alpha value is -5.06. The van der Waals surface area contributed by atoms with Crippen LogP contribution in [0.15, 0.2) is 94.9 Å². The van der Waals surface area contributed by atoms with Gasteiger partial charge in [0.25, 0.3) is 0 Å². The van der Waals surface area contributed by atoms with Crippen LogP contribution in [0.3, 0.4) is 0 Å². The zero-order valence-electron chi connectivity index (χ0n) is 20.1. The van der Waals surface area contributed by atoms with Crippen molar-refractivity contribution in [3.05, 3.63) is 113 Å². The van der Waals surface area contributed by atoms with Crippen LogP contribution in [-0.2, 0) is 0 Å². The van der Waals surface area contributed by atoms with Gasteiger partial charge in [0.15, 0.2) is 5.69 Å². The fourth-order valence-electron chi connectivity index (χ4n) is 5.54. The van der Waals surface area contributed by atoms with Gasteiger partial charge in [0.2, 0.25) is 0 Å². The fourth-order valence-corrected chi connectivity index (χ4v) is 6.20. The molecule has 0 aliphatic heterocycles. The average molecular weight is 528 g/mol. The lowest BCUT2D eigenvalue weighted by molar-refractivity contribution is 0.629. The Balaban J connectivity index is 1.45. The summed E-state index contributed by atoms with van der Waals surface area (Å²) in [5.74, 6) is -1.07. The van der Waals surface area contributed by atoms with E-state index in [1.54, 1.807) is 16.1 Å². The van der Waals surface area contributed by atoms with E-state index in [9.17, 15) is 0 Å². The molecule has 3 aromatic heterocycles. The van der Waals surface area contributed by atoms with E-state index < -0.39 is 11.6 Å². The third-order valence-corrected chi connectivity index (χ3v) is 8.07. The zero-order chi connectivity index (χ0) is 26.2. The molecule has 3 heterocycles. The summed E-state index contributed by atoms with van der Waals surface area (Å²) in [6.07, 6.45) is 0. The Morgan fingerprint density at radius 2 is 1.51 bits per heavy atom. The Labute approximate surface area is 223 Å². The highest BCUT2D eigenvalue weighted by Gasteiger charge is 2.21. The zero-order valence-corrected chi connectivity index (χ0v) is 20.9. The van der Waals surface area contributed by atoms with Crippen molar-refractivity contribution in [3.63, 3.8) is 0 Å². The molecule has 7 heteroatoms. The smallest absolute Gasteiger partial charge is 0.190 e. The number of thiazole rings is 1. The Kier molecular flexibility index (Phi) is 4.49. The molecule has 0 spiro atoms. The first-order chi connectivity index (χ1) is 19.1. The molecule has 39 heavy (non-hydrogen) atoms. The molecule has 0 saturated heterocycles. The third-order valence-electron chi connectivity index (χ3n) is 7.26. The number of hydrogen-bond acceptors (Lipinski definition) is 3. The summed E-state index contributed by atoms with van der Waals surface area (Å²) in [5.41, 5.74) is 6.72. The number of nitrogens with zero attached hydrogens (tertiary/aromatic N) is 3. The molecule has 0 fully saturated rings. The van der Waals surface area contributed by atoms with Gasteiger partial charge in [-0.25, -0.2) is 18.6 Å². The largest absolute Gasteiger partial charge is 0.456 e. The molecule has 5 aromatic carbocycles. The number of benzene rings is 5. The van der Waals surface area contributed by atoms with E-state index in [4.69, 9.17) is 11.0 Å². The maximum Gasteiger partial charge on any atom is 0.190 e. The Bertz CT molecular complexity index is 2340. The van der Waals surface area contributed by atoms with Gasteiger partial charge in [-0.3, -0.25) is 0 Å². The first-order valence-electron chi connectivity index (χ1n) is 12.2. The Morgan fingerprint density at radius 1 is 0.744 bits per heavy atom. The van der Waals surface area contributed by atoms with Gasteiger partial charge in [-0.15, -0.1) is 11.3 Å². The molecule has 4 nitrogen and oxygen atoms in total. The molecule has 0 amide bonds. The van der Waals surface area contributed by atoms with Crippen molar-refractivity contribution in [1.29, 1.82) is 0 Å². The topological polar surface area (TPSA) is 35.3 Å². The summed E-state index contributed by atoms with van der Waals surface area (Å²) >= 11 is 1.50. The number of furan rings is 1. The van der Waals surface area contributed by atoms with Crippen LogP contribution in [0.25, 0.3) is 75.6 Å². The first kappa shape index (κ1) is 22.0. The van der Waals surface area contributed by atoms with E-state index in [0.29, 0.717) is 22.0 Å². The monoisotopic (exact) mass is 527 g/mol. The first-order valence-corrected chi connectivity index (χ1v) is 13.1. The summed E-state index contributed by atoms with van der Waals surface area (Å²) in [6.45, 7) is 7.48. The second kappa shape index (κ2) is 7.97. The molecule has 184 valence electrons. The van der Waals surface area contributed by atoms with Crippen molar-refractivity contribution in [1.82, 2.24) is 9.55 Å². The minimum atomic E-state index is -0.583. The van der Waals surface area contributed by atoms with Crippen molar-refractivity contribution < 1.29 is 13.2 Å². The number of rotatable bonds is 2. The minimum absolute atomic E-state index is 0.158. The molecule has 0 saturated carbocycles. The number of halogens is 2. The van der Waals surface area contributed by atoms with Crippen LogP contribution < -0.4 is 0 Å². The maximum absolute atomic E-state index is 16.2. The van der Waals surface area contributed by atoms with E-state index in [0.717, 1.165) is 37.7 Å². The number of para-hydroxylation sites is 1. The van der Waals surface area contributed by atoms with Crippen LogP contribution in [0.2, 0.25) is 0 Å². The molecule has 8 aromatic rings. The minimum Gasteiger partial charge on any atom is -0.456 e. The van der Waals surface area contributed by atoms with E-state index in [1.807, 2.05) is 66.7 Å². The van der Waals surface area contributed by atoms with Gasteiger partial charge < -0.3 is 8.98 Å². The number of fused-ring (bicyclic) bond motifs is 7. The van der Waals surface area contributed by atoms with Gasteiger partial charge in [-0.1, -0.05) is 24.3 Å². The normalized spacial score (nSPS) is 11.8. The van der Waals surface area contributed by atoms with Gasteiger partial charge in [-0.05, 0) is 71.8 Å². The van der Waals surface area contributed by atoms with E-state index in [2.05, 4.69) is 9.83 Å². The van der Waals surface area contributed by atoms with Gasteiger partial charge >= 0.3 is 0 Å². The molecule has 0 aliphatic rings. The van der Waals surface area contributed by atoms with Crippen molar-refractivity contribution >= 4 is 71.0 Å². The Morgan fingerprint density at radius 3 is 2.38 bits per heavy atom. The molecule has 0 radical (unpaired) electrons. The van der Waals surface area contributed by atoms with Crippen molar-refractivity contribution in [2.45, 2.75) is 0 Å². The molecular formula is C32H15F2N3OS. The molecule has 0 bridgehead atoms.